The SMILES string of the molecule is Cc1cc(CN(CCC(C)(C)C)C(C)C)on1. The number of rotatable bonds is 5. The van der Waals surface area contributed by atoms with E-state index in [9.17, 15) is 0 Å². The molecule has 1 aromatic heterocycles. The van der Waals surface area contributed by atoms with E-state index in [2.05, 4.69) is 44.7 Å². The Morgan fingerprint density at radius 3 is 2.41 bits per heavy atom. The summed E-state index contributed by atoms with van der Waals surface area (Å²) in [5.41, 5.74) is 1.34. The molecule has 1 aromatic rings. The first-order valence-corrected chi connectivity index (χ1v) is 6.44. The van der Waals surface area contributed by atoms with Gasteiger partial charge in [0.1, 0.15) is 0 Å². The number of aromatic nitrogens is 1. The van der Waals surface area contributed by atoms with Crippen molar-refractivity contribution in [2.45, 2.75) is 60.5 Å². The molecule has 0 unspecified atom stereocenters. The Balaban J connectivity index is 2.55. The fraction of sp³-hybridized carbons (Fsp3) is 0.786. The van der Waals surface area contributed by atoms with Crippen LogP contribution in [0, 0.1) is 12.3 Å². The largest absolute Gasteiger partial charge is 0.360 e. The number of hydrogen-bond donors (Lipinski definition) is 0. The molecule has 0 aliphatic carbocycles. The molecule has 0 saturated carbocycles. The predicted molar refractivity (Wildman–Crippen MR) is 70.9 cm³/mol. The average Bonchev–Trinajstić information content (AvgIpc) is 2.56. The number of nitrogens with zero attached hydrogens (tertiary/aromatic N) is 2. The topological polar surface area (TPSA) is 29.3 Å². The zero-order valence-electron chi connectivity index (χ0n) is 12.1. The monoisotopic (exact) mass is 238 g/mol. The summed E-state index contributed by atoms with van der Waals surface area (Å²) in [6.07, 6.45) is 1.19. The third-order valence-electron chi connectivity index (χ3n) is 2.92. The Hall–Kier alpha value is -0.830. The van der Waals surface area contributed by atoms with Crippen LogP contribution in [0.15, 0.2) is 10.6 Å². The molecule has 0 fully saturated rings. The van der Waals surface area contributed by atoms with E-state index in [0.717, 1.165) is 24.5 Å². The molecule has 0 amide bonds. The first-order valence-electron chi connectivity index (χ1n) is 6.44. The smallest absolute Gasteiger partial charge is 0.150 e. The molecule has 0 N–H and O–H groups in total. The van der Waals surface area contributed by atoms with E-state index in [1.165, 1.54) is 6.42 Å². The van der Waals surface area contributed by atoms with Crippen molar-refractivity contribution >= 4 is 0 Å². The van der Waals surface area contributed by atoms with E-state index in [-0.39, 0.29) is 0 Å². The van der Waals surface area contributed by atoms with Gasteiger partial charge < -0.3 is 4.52 Å². The van der Waals surface area contributed by atoms with Crippen LogP contribution in [-0.4, -0.2) is 22.6 Å². The van der Waals surface area contributed by atoms with Crippen molar-refractivity contribution < 1.29 is 4.52 Å². The van der Waals surface area contributed by atoms with Crippen molar-refractivity contribution in [3.8, 4) is 0 Å². The second-order valence-electron chi connectivity index (χ2n) is 6.31. The predicted octanol–water partition coefficient (Wildman–Crippen LogP) is 3.63. The molecule has 0 aliphatic rings. The molecule has 17 heavy (non-hydrogen) atoms. The van der Waals surface area contributed by atoms with Crippen LogP contribution < -0.4 is 0 Å². The molecular formula is C14H26N2O. The van der Waals surface area contributed by atoms with Crippen molar-refractivity contribution in [3.63, 3.8) is 0 Å². The van der Waals surface area contributed by atoms with Crippen LogP contribution in [0.5, 0.6) is 0 Å². The molecule has 0 spiro atoms. The Bertz CT molecular complexity index is 336. The molecule has 0 aromatic carbocycles. The maximum absolute atomic E-state index is 5.29. The first-order chi connectivity index (χ1) is 7.78. The van der Waals surface area contributed by atoms with E-state index >= 15 is 0 Å². The molecule has 1 heterocycles. The molecule has 1 rings (SSSR count). The Morgan fingerprint density at radius 1 is 1.35 bits per heavy atom. The van der Waals surface area contributed by atoms with E-state index < -0.39 is 0 Å². The summed E-state index contributed by atoms with van der Waals surface area (Å²) in [5, 5.41) is 3.94. The van der Waals surface area contributed by atoms with Crippen LogP contribution >= 0.6 is 0 Å². The van der Waals surface area contributed by atoms with Crippen molar-refractivity contribution in [1.29, 1.82) is 0 Å². The molecule has 98 valence electrons. The van der Waals surface area contributed by atoms with Gasteiger partial charge in [-0.3, -0.25) is 4.90 Å². The first kappa shape index (κ1) is 14.2. The van der Waals surface area contributed by atoms with Crippen LogP contribution in [0.3, 0.4) is 0 Å². The molecule has 0 radical (unpaired) electrons. The van der Waals surface area contributed by atoms with E-state index in [0.29, 0.717) is 11.5 Å². The van der Waals surface area contributed by atoms with Gasteiger partial charge in [0.25, 0.3) is 0 Å². The number of hydrogen-bond acceptors (Lipinski definition) is 3. The maximum Gasteiger partial charge on any atom is 0.150 e. The third kappa shape index (κ3) is 5.35. The number of aryl methyl sites for hydroxylation is 1. The average molecular weight is 238 g/mol. The highest BCUT2D eigenvalue weighted by Gasteiger charge is 2.17. The molecule has 0 aliphatic heterocycles. The van der Waals surface area contributed by atoms with E-state index in [1.807, 2.05) is 13.0 Å². The molecule has 0 saturated heterocycles. The summed E-state index contributed by atoms with van der Waals surface area (Å²) in [6, 6.07) is 2.55. The molecular weight excluding hydrogens is 212 g/mol. The third-order valence-corrected chi connectivity index (χ3v) is 2.92. The lowest BCUT2D eigenvalue weighted by molar-refractivity contribution is 0.164. The lowest BCUT2D eigenvalue weighted by atomic mass is 9.92. The highest BCUT2D eigenvalue weighted by atomic mass is 16.5. The minimum atomic E-state index is 0.379. The molecule has 0 atom stereocenters. The van der Waals surface area contributed by atoms with Crippen molar-refractivity contribution in [2.24, 2.45) is 5.41 Å². The minimum absolute atomic E-state index is 0.379. The Labute approximate surface area is 105 Å². The minimum Gasteiger partial charge on any atom is -0.360 e. The van der Waals surface area contributed by atoms with Gasteiger partial charge in [0, 0.05) is 12.1 Å². The summed E-state index contributed by atoms with van der Waals surface area (Å²) in [6.45, 7) is 15.2. The Kier molecular flexibility index (Phi) is 4.75. The van der Waals surface area contributed by atoms with Gasteiger partial charge in [-0.05, 0) is 39.2 Å². The molecule has 0 bridgehead atoms. The van der Waals surface area contributed by atoms with Gasteiger partial charge in [-0.25, -0.2) is 0 Å². The van der Waals surface area contributed by atoms with Crippen LogP contribution in [0.2, 0.25) is 0 Å². The van der Waals surface area contributed by atoms with Gasteiger partial charge in [-0.15, -0.1) is 0 Å². The Morgan fingerprint density at radius 2 is 2.00 bits per heavy atom. The highest BCUT2D eigenvalue weighted by molar-refractivity contribution is 5.02. The van der Waals surface area contributed by atoms with Crippen LogP contribution in [-0.2, 0) is 6.54 Å². The normalized spacial score (nSPS) is 12.7. The van der Waals surface area contributed by atoms with Gasteiger partial charge in [0.05, 0.1) is 12.2 Å². The molecule has 3 heteroatoms. The standard InChI is InChI=1S/C14H26N2O/c1-11(2)16(8-7-14(4,5)6)10-13-9-12(3)15-17-13/h9,11H,7-8,10H2,1-6H3. The van der Waals surface area contributed by atoms with Crippen LogP contribution in [0.25, 0.3) is 0 Å². The van der Waals surface area contributed by atoms with Gasteiger partial charge >= 0.3 is 0 Å². The fourth-order valence-electron chi connectivity index (χ4n) is 1.69. The quantitative estimate of drug-likeness (QED) is 0.784. The van der Waals surface area contributed by atoms with Crippen LogP contribution in [0.1, 0.15) is 52.5 Å². The van der Waals surface area contributed by atoms with Gasteiger partial charge in [0.2, 0.25) is 0 Å². The van der Waals surface area contributed by atoms with E-state index in [4.69, 9.17) is 4.52 Å². The lowest BCUT2D eigenvalue weighted by Crippen LogP contribution is -2.33. The molecule has 3 nitrogen and oxygen atoms in total. The van der Waals surface area contributed by atoms with E-state index in [1.54, 1.807) is 0 Å². The summed E-state index contributed by atoms with van der Waals surface area (Å²) < 4.78 is 5.29. The zero-order chi connectivity index (χ0) is 13.1. The van der Waals surface area contributed by atoms with Gasteiger partial charge in [-0.2, -0.15) is 0 Å². The summed E-state index contributed by atoms with van der Waals surface area (Å²) in [4.78, 5) is 2.44. The maximum atomic E-state index is 5.29. The van der Waals surface area contributed by atoms with Gasteiger partial charge in [-0.1, -0.05) is 25.9 Å². The summed E-state index contributed by atoms with van der Waals surface area (Å²) in [7, 11) is 0. The fourth-order valence-corrected chi connectivity index (χ4v) is 1.69. The zero-order valence-corrected chi connectivity index (χ0v) is 12.1. The van der Waals surface area contributed by atoms with Gasteiger partial charge in [0.15, 0.2) is 5.76 Å². The van der Waals surface area contributed by atoms with Crippen LogP contribution in [0.4, 0.5) is 0 Å². The summed E-state index contributed by atoms with van der Waals surface area (Å²) >= 11 is 0. The second kappa shape index (κ2) is 5.67. The second-order valence-corrected chi connectivity index (χ2v) is 6.31. The lowest BCUT2D eigenvalue weighted by Gasteiger charge is -2.28. The van der Waals surface area contributed by atoms with Crippen molar-refractivity contribution in [2.75, 3.05) is 6.54 Å². The van der Waals surface area contributed by atoms with Crippen molar-refractivity contribution in [1.82, 2.24) is 10.1 Å². The highest BCUT2D eigenvalue weighted by Crippen LogP contribution is 2.20. The van der Waals surface area contributed by atoms with Crippen molar-refractivity contribution in [3.05, 3.63) is 17.5 Å². The summed E-state index contributed by atoms with van der Waals surface area (Å²) in [5.74, 6) is 0.963.